The Morgan fingerprint density at radius 2 is 2.12 bits per heavy atom. The largest absolute Gasteiger partial charge is 0.394 e. The van der Waals surface area contributed by atoms with Crippen molar-refractivity contribution in [3.8, 4) is 0 Å². The number of rotatable bonds is 5. The highest BCUT2D eigenvalue weighted by molar-refractivity contribution is 5.85. The molecule has 1 heterocycles. The maximum Gasteiger partial charge on any atom is 0.0627 e. The van der Waals surface area contributed by atoms with Crippen LogP contribution >= 0.6 is 0 Å². The third-order valence-corrected chi connectivity index (χ3v) is 2.90. The molecule has 0 aliphatic heterocycles. The number of pyridine rings is 1. The van der Waals surface area contributed by atoms with E-state index in [4.69, 9.17) is 0 Å². The second-order valence-corrected chi connectivity index (χ2v) is 4.14. The topological polar surface area (TPSA) is 45.1 Å². The van der Waals surface area contributed by atoms with E-state index in [9.17, 15) is 5.11 Å². The molecule has 0 amide bonds. The van der Waals surface area contributed by atoms with Gasteiger partial charge in [-0.15, -0.1) is 0 Å². The van der Waals surface area contributed by atoms with Crippen LogP contribution in [0.2, 0.25) is 0 Å². The molecule has 90 valence electrons. The highest BCUT2D eigenvalue weighted by Crippen LogP contribution is 2.22. The van der Waals surface area contributed by atoms with Crippen LogP contribution in [-0.2, 0) is 0 Å². The quantitative estimate of drug-likeness (QED) is 0.828. The van der Waals surface area contributed by atoms with Gasteiger partial charge in [-0.1, -0.05) is 31.2 Å². The van der Waals surface area contributed by atoms with Crippen molar-refractivity contribution in [1.29, 1.82) is 0 Å². The van der Waals surface area contributed by atoms with Crippen LogP contribution < -0.4 is 5.32 Å². The summed E-state index contributed by atoms with van der Waals surface area (Å²) in [6.07, 6.45) is 4.74. The number of nitrogens with one attached hydrogen (secondary N) is 1. The lowest BCUT2D eigenvalue weighted by Crippen LogP contribution is -2.25. The molecule has 0 saturated heterocycles. The molecule has 0 saturated carbocycles. The van der Waals surface area contributed by atoms with Gasteiger partial charge in [0.15, 0.2) is 0 Å². The molecule has 0 radical (unpaired) electrons. The number of benzene rings is 1. The Bertz CT molecular complexity index is 479. The number of nitrogens with zero attached hydrogens (tertiary/aromatic N) is 1. The van der Waals surface area contributed by atoms with Crippen LogP contribution in [0.15, 0.2) is 36.7 Å². The van der Waals surface area contributed by atoms with Gasteiger partial charge in [-0.3, -0.25) is 4.98 Å². The summed E-state index contributed by atoms with van der Waals surface area (Å²) in [6, 6.07) is 8.10. The van der Waals surface area contributed by atoms with Crippen molar-refractivity contribution in [2.75, 3.05) is 13.2 Å². The zero-order chi connectivity index (χ0) is 12.1. The van der Waals surface area contributed by atoms with Crippen LogP contribution in [0.25, 0.3) is 10.8 Å². The van der Waals surface area contributed by atoms with E-state index in [1.165, 1.54) is 0 Å². The van der Waals surface area contributed by atoms with Gasteiger partial charge in [-0.25, -0.2) is 0 Å². The predicted octanol–water partition coefficient (Wildman–Crippen LogP) is 2.27. The summed E-state index contributed by atoms with van der Waals surface area (Å²) < 4.78 is 0. The summed E-state index contributed by atoms with van der Waals surface area (Å²) >= 11 is 0. The molecule has 2 aromatic rings. The second kappa shape index (κ2) is 5.75. The summed E-state index contributed by atoms with van der Waals surface area (Å²) in [5, 5.41) is 15.1. The number of hydrogen-bond donors (Lipinski definition) is 2. The molecule has 0 aliphatic carbocycles. The molecule has 1 atom stereocenters. The third-order valence-electron chi connectivity index (χ3n) is 2.90. The zero-order valence-corrected chi connectivity index (χ0v) is 10.1. The fourth-order valence-corrected chi connectivity index (χ4v) is 2.01. The summed E-state index contributed by atoms with van der Waals surface area (Å²) in [5.41, 5.74) is 1.07. The lowest BCUT2D eigenvalue weighted by molar-refractivity contribution is 0.245. The first kappa shape index (κ1) is 12.0. The van der Waals surface area contributed by atoms with Crippen LogP contribution in [0.3, 0.4) is 0 Å². The van der Waals surface area contributed by atoms with Crippen LogP contribution in [0.4, 0.5) is 0 Å². The Morgan fingerprint density at radius 1 is 1.29 bits per heavy atom. The highest BCUT2D eigenvalue weighted by Gasteiger charge is 2.12. The summed E-state index contributed by atoms with van der Waals surface area (Å²) in [7, 11) is 0. The standard InChI is InChI=1S/C14H18N2O/c1-2-7-16-14(10-17)13-9-15-8-11-5-3-4-6-12(11)13/h3-6,8-9,14,16-17H,2,7,10H2,1H3. The SMILES string of the molecule is CCCNC(CO)c1cncc2ccccc12. The number of aliphatic hydroxyl groups is 1. The van der Waals surface area contributed by atoms with Crippen molar-refractivity contribution in [2.24, 2.45) is 0 Å². The van der Waals surface area contributed by atoms with Gasteiger partial charge in [0.1, 0.15) is 0 Å². The van der Waals surface area contributed by atoms with E-state index in [0.29, 0.717) is 0 Å². The molecule has 2 rings (SSSR count). The molecule has 1 aromatic heterocycles. The minimum atomic E-state index is -0.0338. The van der Waals surface area contributed by atoms with Gasteiger partial charge in [0, 0.05) is 17.8 Å². The van der Waals surface area contributed by atoms with Gasteiger partial charge in [0.2, 0.25) is 0 Å². The van der Waals surface area contributed by atoms with Crippen LogP contribution in [0.5, 0.6) is 0 Å². The van der Waals surface area contributed by atoms with Gasteiger partial charge in [0.25, 0.3) is 0 Å². The van der Waals surface area contributed by atoms with Crippen molar-refractivity contribution in [1.82, 2.24) is 10.3 Å². The van der Waals surface area contributed by atoms with Gasteiger partial charge in [-0.2, -0.15) is 0 Å². The van der Waals surface area contributed by atoms with Gasteiger partial charge >= 0.3 is 0 Å². The predicted molar refractivity (Wildman–Crippen MR) is 69.9 cm³/mol. The Kier molecular flexibility index (Phi) is 4.07. The van der Waals surface area contributed by atoms with Crippen molar-refractivity contribution < 1.29 is 5.11 Å². The Hall–Kier alpha value is -1.45. The number of aliphatic hydroxyl groups excluding tert-OH is 1. The van der Waals surface area contributed by atoms with E-state index in [1.807, 2.05) is 30.6 Å². The molecular weight excluding hydrogens is 212 g/mol. The average Bonchev–Trinajstić information content (AvgIpc) is 2.40. The first-order valence-corrected chi connectivity index (χ1v) is 6.03. The minimum absolute atomic E-state index is 0.0338. The van der Waals surface area contributed by atoms with E-state index in [1.54, 1.807) is 0 Å². The zero-order valence-electron chi connectivity index (χ0n) is 10.1. The lowest BCUT2D eigenvalue weighted by atomic mass is 10.0. The fourth-order valence-electron chi connectivity index (χ4n) is 2.01. The first-order chi connectivity index (χ1) is 8.36. The first-order valence-electron chi connectivity index (χ1n) is 6.03. The van der Waals surface area contributed by atoms with Crippen LogP contribution in [-0.4, -0.2) is 23.2 Å². The Labute approximate surface area is 102 Å². The maximum atomic E-state index is 9.48. The normalized spacial score (nSPS) is 12.8. The number of aromatic nitrogens is 1. The van der Waals surface area contributed by atoms with Gasteiger partial charge in [0.05, 0.1) is 12.6 Å². The number of fused-ring (bicyclic) bond motifs is 1. The lowest BCUT2D eigenvalue weighted by Gasteiger charge is -2.17. The molecule has 0 fully saturated rings. The fraction of sp³-hybridized carbons (Fsp3) is 0.357. The summed E-state index contributed by atoms with van der Waals surface area (Å²) in [6.45, 7) is 3.10. The molecule has 0 bridgehead atoms. The summed E-state index contributed by atoms with van der Waals surface area (Å²) in [5.74, 6) is 0. The summed E-state index contributed by atoms with van der Waals surface area (Å²) in [4.78, 5) is 4.24. The van der Waals surface area contributed by atoms with E-state index in [0.717, 1.165) is 29.3 Å². The third kappa shape index (κ3) is 2.62. The average molecular weight is 230 g/mol. The molecular formula is C14H18N2O. The van der Waals surface area contributed by atoms with E-state index >= 15 is 0 Å². The monoisotopic (exact) mass is 230 g/mol. The molecule has 0 spiro atoms. The molecule has 17 heavy (non-hydrogen) atoms. The molecule has 3 heteroatoms. The Morgan fingerprint density at radius 3 is 2.88 bits per heavy atom. The highest BCUT2D eigenvalue weighted by atomic mass is 16.3. The van der Waals surface area contributed by atoms with Crippen molar-refractivity contribution in [3.63, 3.8) is 0 Å². The van der Waals surface area contributed by atoms with E-state index in [2.05, 4.69) is 23.3 Å². The molecule has 3 nitrogen and oxygen atoms in total. The molecule has 0 aliphatic rings. The van der Waals surface area contributed by atoms with E-state index < -0.39 is 0 Å². The smallest absolute Gasteiger partial charge is 0.0627 e. The second-order valence-electron chi connectivity index (χ2n) is 4.14. The minimum Gasteiger partial charge on any atom is -0.394 e. The van der Waals surface area contributed by atoms with Crippen LogP contribution in [0.1, 0.15) is 24.9 Å². The molecule has 1 unspecified atom stereocenters. The van der Waals surface area contributed by atoms with E-state index in [-0.39, 0.29) is 12.6 Å². The number of hydrogen-bond acceptors (Lipinski definition) is 3. The molecule has 1 aromatic carbocycles. The van der Waals surface area contributed by atoms with Gasteiger partial charge in [-0.05, 0) is 23.9 Å². The maximum absolute atomic E-state index is 9.48. The van der Waals surface area contributed by atoms with Crippen molar-refractivity contribution in [3.05, 3.63) is 42.2 Å². The Balaban J connectivity index is 2.38. The molecule has 2 N–H and O–H groups in total. The van der Waals surface area contributed by atoms with Crippen molar-refractivity contribution >= 4 is 10.8 Å². The van der Waals surface area contributed by atoms with Crippen molar-refractivity contribution in [2.45, 2.75) is 19.4 Å². The van der Waals surface area contributed by atoms with Gasteiger partial charge < -0.3 is 10.4 Å². The van der Waals surface area contributed by atoms with Crippen LogP contribution in [0, 0.1) is 0 Å².